The molecule has 2 rings (SSSR count). The summed E-state index contributed by atoms with van der Waals surface area (Å²) in [7, 11) is -3.18. The lowest BCUT2D eigenvalue weighted by Crippen LogP contribution is -2.27. The fourth-order valence-electron chi connectivity index (χ4n) is 1.88. The van der Waals surface area contributed by atoms with E-state index in [1.807, 2.05) is 0 Å². The molecule has 152 valence electrons. The number of aliphatic imine (C=N–C) groups is 1. The van der Waals surface area contributed by atoms with Crippen LogP contribution in [-0.2, 0) is 14.6 Å². The zero-order chi connectivity index (χ0) is 20.7. The highest BCUT2D eigenvalue weighted by atomic mass is 79.9. The van der Waals surface area contributed by atoms with Gasteiger partial charge in [-0.1, -0.05) is 11.8 Å². The van der Waals surface area contributed by atoms with Crippen molar-refractivity contribution in [3.63, 3.8) is 0 Å². The third-order valence-electron chi connectivity index (χ3n) is 3.22. The maximum atomic E-state index is 13.3. The molecule has 0 aliphatic carbocycles. The minimum absolute atomic E-state index is 0.0412. The Kier molecular flexibility index (Phi) is 7.95. The molecule has 1 heterocycles. The van der Waals surface area contributed by atoms with Crippen molar-refractivity contribution < 1.29 is 22.2 Å². The van der Waals surface area contributed by atoms with E-state index in [2.05, 4.69) is 36.6 Å². The number of benzene rings is 1. The van der Waals surface area contributed by atoms with Crippen LogP contribution in [0.25, 0.3) is 0 Å². The van der Waals surface area contributed by atoms with E-state index in [0.29, 0.717) is 23.0 Å². The Morgan fingerprint density at radius 1 is 1.43 bits per heavy atom. The molecular formula is C15H17BrFN5O4S2. The monoisotopic (exact) mass is 493 g/mol. The van der Waals surface area contributed by atoms with Crippen LogP contribution in [0.3, 0.4) is 0 Å². The molecule has 2 aromatic rings. The average Bonchev–Trinajstić information content (AvgIpc) is 3.08. The second kappa shape index (κ2) is 9.98. The highest BCUT2D eigenvalue weighted by Gasteiger charge is 2.15. The normalized spacial score (nSPS) is 12.2. The van der Waals surface area contributed by atoms with E-state index in [9.17, 15) is 17.6 Å². The van der Waals surface area contributed by atoms with Gasteiger partial charge in [-0.2, -0.15) is 0 Å². The Labute approximate surface area is 173 Å². The quantitative estimate of drug-likeness (QED) is 0.232. The second-order valence-corrected chi connectivity index (χ2v) is 9.79. The van der Waals surface area contributed by atoms with Gasteiger partial charge in [0.05, 0.1) is 15.9 Å². The highest BCUT2D eigenvalue weighted by molar-refractivity contribution is 9.10. The number of amides is 1. The van der Waals surface area contributed by atoms with Crippen LogP contribution >= 0.6 is 27.7 Å². The van der Waals surface area contributed by atoms with Crippen LogP contribution in [0, 0.1) is 5.82 Å². The van der Waals surface area contributed by atoms with E-state index in [-0.39, 0.29) is 34.1 Å². The molecule has 1 aromatic carbocycles. The van der Waals surface area contributed by atoms with Gasteiger partial charge in [0.25, 0.3) is 0 Å². The van der Waals surface area contributed by atoms with Gasteiger partial charge >= 0.3 is 0 Å². The molecule has 28 heavy (non-hydrogen) atoms. The summed E-state index contributed by atoms with van der Waals surface area (Å²) in [6.45, 7) is 0.293. The molecule has 0 unspecified atom stereocenters. The lowest BCUT2D eigenvalue weighted by molar-refractivity contribution is -0.120. The number of halogens is 2. The zero-order valence-electron chi connectivity index (χ0n) is 14.7. The zero-order valence-corrected chi connectivity index (χ0v) is 17.9. The third kappa shape index (κ3) is 7.20. The standard InChI is InChI=1S/C15H17BrFN5O4S2/c1-28(24,25)7-4-12(23)19-5-6-27-15-13(21-26-22-15)14(18)20-9-2-3-11(17)10(16)8-9/h2-3,8H,4-7H2,1H3,(H2,18,20)(H,19,23). The summed E-state index contributed by atoms with van der Waals surface area (Å²) in [5, 5.41) is 10.5. The van der Waals surface area contributed by atoms with Crippen molar-refractivity contribution in [2.24, 2.45) is 10.7 Å². The fraction of sp³-hybridized carbons (Fsp3) is 0.333. The van der Waals surface area contributed by atoms with Crippen molar-refractivity contribution in [3.05, 3.63) is 34.2 Å². The van der Waals surface area contributed by atoms with Gasteiger partial charge in [0.2, 0.25) is 5.91 Å². The summed E-state index contributed by atoms with van der Waals surface area (Å²) in [5.41, 5.74) is 6.58. The molecule has 3 N–H and O–H groups in total. The number of hydrogen-bond donors (Lipinski definition) is 2. The Morgan fingerprint density at radius 3 is 2.86 bits per heavy atom. The van der Waals surface area contributed by atoms with Crippen molar-refractivity contribution >= 4 is 55.0 Å². The molecule has 0 saturated carbocycles. The van der Waals surface area contributed by atoms with Crippen LogP contribution in [0.15, 0.2) is 37.3 Å². The number of rotatable bonds is 9. The van der Waals surface area contributed by atoms with Crippen molar-refractivity contribution in [1.29, 1.82) is 0 Å². The number of sulfone groups is 1. The Bertz CT molecular complexity index is 981. The van der Waals surface area contributed by atoms with Gasteiger partial charge in [-0.15, -0.1) is 0 Å². The number of hydrogen-bond acceptors (Lipinski definition) is 8. The molecular weight excluding hydrogens is 477 g/mol. The first-order valence-corrected chi connectivity index (χ1v) is 11.7. The first kappa shape index (κ1) is 22.3. The van der Waals surface area contributed by atoms with E-state index < -0.39 is 15.7 Å². The maximum absolute atomic E-state index is 13.3. The minimum atomic E-state index is -3.18. The van der Waals surface area contributed by atoms with Crippen molar-refractivity contribution in [2.45, 2.75) is 11.4 Å². The van der Waals surface area contributed by atoms with Crippen LogP contribution in [0.4, 0.5) is 10.1 Å². The van der Waals surface area contributed by atoms with Gasteiger partial charge in [-0.25, -0.2) is 22.4 Å². The Balaban J connectivity index is 1.90. The summed E-state index contributed by atoms with van der Waals surface area (Å²) in [5.74, 6) is -0.501. The van der Waals surface area contributed by atoms with E-state index >= 15 is 0 Å². The van der Waals surface area contributed by atoms with Gasteiger partial charge in [0, 0.05) is 25.0 Å². The largest absolute Gasteiger partial charge is 0.382 e. The molecule has 0 radical (unpaired) electrons. The smallest absolute Gasteiger partial charge is 0.221 e. The maximum Gasteiger partial charge on any atom is 0.221 e. The predicted octanol–water partition coefficient (Wildman–Crippen LogP) is 1.65. The van der Waals surface area contributed by atoms with Crippen molar-refractivity contribution in [2.75, 3.05) is 24.3 Å². The molecule has 1 aromatic heterocycles. The number of aromatic nitrogens is 2. The molecule has 0 spiro atoms. The summed E-state index contributed by atoms with van der Waals surface area (Å²) < 4.78 is 40.3. The first-order valence-electron chi connectivity index (χ1n) is 7.85. The van der Waals surface area contributed by atoms with Crippen LogP contribution < -0.4 is 11.1 Å². The number of amidine groups is 1. The number of carbonyl (C=O) groups excluding carboxylic acids is 1. The Morgan fingerprint density at radius 2 is 2.18 bits per heavy atom. The van der Waals surface area contributed by atoms with Crippen molar-refractivity contribution in [1.82, 2.24) is 15.6 Å². The van der Waals surface area contributed by atoms with Crippen molar-refractivity contribution in [3.8, 4) is 0 Å². The summed E-state index contributed by atoms with van der Waals surface area (Å²) in [6.07, 6.45) is 0.985. The second-order valence-electron chi connectivity index (χ2n) is 5.59. The van der Waals surface area contributed by atoms with Gasteiger partial charge < -0.3 is 11.1 Å². The SMILES string of the molecule is CS(=O)(=O)CCC(=O)NCCSc1nonc1C(N)=Nc1ccc(F)c(Br)c1. The van der Waals surface area contributed by atoms with Gasteiger partial charge in [-0.05, 0) is 44.4 Å². The summed E-state index contributed by atoms with van der Waals surface area (Å²) >= 11 is 4.30. The number of nitrogens with zero attached hydrogens (tertiary/aromatic N) is 3. The van der Waals surface area contributed by atoms with Crippen LogP contribution in [0.5, 0.6) is 0 Å². The van der Waals surface area contributed by atoms with Crippen LogP contribution in [-0.4, -0.2) is 54.8 Å². The number of nitrogens with one attached hydrogen (secondary N) is 1. The lowest BCUT2D eigenvalue weighted by Gasteiger charge is -2.04. The Hall–Kier alpha value is -1.99. The van der Waals surface area contributed by atoms with E-state index in [4.69, 9.17) is 10.4 Å². The summed E-state index contributed by atoms with van der Waals surface area (Å²) in [4.78, 5) is 15.7. The molecule has 9 nitrogen and oxygen atoms in total. The number of nitrogens with two attached hydrogens (primary N) is 1. The summed E-state index contributed by atoms with van der Waals surface area (Å²) in [6, 6.07) is 4.17. The molecule has 13 heteroatoms. The van der Waals surface area contributed by atoms with E-state index in [0.717, 1.165) is 6.26 Å². The van der Waals surface area contributed by atoms with Crippen LogP contribution in [0.2, 0.25) is 0 Å². The van der Waals surface area contributed by atoms with E-state index in [1.165, 1.54) is 30.0 Å². The molecule has 1 amide bonds. The molecule has 0 atom stereocenters. The highest BCUT2D eigenvalue weighted by Crippen LogP contribution is 2.24. The minimum Gasteiger partial charge on any atom is -0.382 e. The molecule has 0 aliphatic rings. The molecule has 0 fully saturated rings. The third-order valence-corrected chi connectivity index (χ3v) is 5.72. The predicted molar refractivity (Wildman–Crippen MR) is 107 cm³/mol. The average molecular weight is 494 g/mol. The van der Waals surface area contributed by atoms with E-state index in [1.54, 1.807) is 0 Å². The number of carbonyl (C=O) groups is 1. The van der Waals surface area contributed by atoms with Gasteiger partial charge in [-0.3, -0.25) is 4.79 Å². The lowest BCUT2D eigenvalue weighted by atomic mass is 10.3. The molecule has 0 bridgehead atoms. The fourth-order valence-corrected chi connectivity index (χ4v) is 3.57. The number of thioether (sulfide) groups is 1. The molecule has 0 aliphatic heterocycles. The molecule has 0 saturated heterocycles. The topological polar surface area (TPSA) is 141 Å². The first-order chi connectivity index (χ1) is 13.2. The van der Waals surface area contributed by atoms with Crippen LogP contribution in [0.1, 0.15) is 12.1 Å². The van der Waals surface area contributed by atoms with Gasteiger partial charge in [0.1, 0.15) is 15.7 Å². The van der Waals surface area contributed by atoms with Gasteiger partial charge in [0.15, 0.2) is 16.6 Å².